The van der Waals surface area contributed by atoms with Gasteiger partial charge in [-0.25, -0.2) is 0 Å². The second kappa shape index (κ2) is 6.22. The first kappa shape index (κ1) is 14.1. The molecule has 1 atom stereocenters. The molecule has 0 radical (unpaired) electrons. The van der Waals surface area contributed by atoms with Crippen molar-refractivity contribution in [2.45, 2.75) is 25.7 Å². The van der Waals surface area contributed by atoms with Crippen molar-refractivity contribution in [3.8, 4) is 0 Å². The van der Waals surface area contributed by atoms with Gasteiger partial charge in [-0.3, -0.25) is 4.79 Å². The molecule has 0 saturated heterocycles. The Morgan fingerprint density at radius 3 is 2.53 bits per heavy atom. The molecule has 0 amide bonds. The van der Waals surface area contributed by atoms with Crippen molar-refractivity contribution >= 4 is 28.9 Å². The molecule has 2 aromatic rings. The second-order valence-corrected chi connectivity index (χ2v) is 6.00. The van der Waals surface area contributed by atoms with Gasteiger partial charge in [0.05, 0.1) is 5.92 Å². The van der Waals surface area contributed by atoms with Gasteiger partial charge in [0.2, 0.25) is 0 Å². The van der Waals surface area contributed by atoms with Crippen molar-refractivity contribution in [2.24, 2.45) is 0 Å². The molecule has 100 valence electrons. The summed E-state index contributed by atoms with van der Waals surface area (Å²) in [6.07, 6.45) is 1.47. The van der Waals surface area contributed by atoms with Crippen LogP contribution in [0.2, 0.25) is 5.02 Å². The van der Waals surface area contributed by atoms with Crippen molar-refractivity contribution < 1.29 is 9.90 Å². The zero-order valence-corrected chi connectivity index (χ0v) is 12.2. The number of carboxylic acid groups (broad SMARTS) is 1. The Labute approximate surface area is 121 Å². The summed E-state index contributed by atoms with van der Waals surface area (Å²) in [4.78, 5) is 13.8. The number of halogens is 1. The van der Waals surface area contributed by atoms with E-state index in [1.165, 1.54) is 4.88 Å². The van der Waals surface area contributed by atoms with Crippen molar-refractivity contribution in [2.75, 3.05) is 0 Å². The molecular weight excluding hydrogens is 280 g/mol. The zero-order chi connectivity index (χ0) is 13.8. The van der Waals surface area contributed by atoms with Gasteiger partial charge in [-0.1, -0.05) is 36.7 Å². The molecule has 0 aliphatic rings. The Bertz CT molecular complexity index is 577. The van der Waals surface area contributed by atoms with Gasteiger partial charge in [0.25, 0.3) is 0 Å². The molecule has 1 heterocycles. The van der Waals surface area contributed by atoms with Crippen LogP contribution in [-0.4, -0.2) is 11.1 Å². The van der Waals surface area contributed by atoms with Gasteiger partial charge in [-0.2, -0.15) is 0 Å². The zero-order valence-electron chi connectivity index (χ0n) is 10.6. The number of hydrogen-bond donors (Lipinski definition) is 1. The van der Waals surface area contributed by atoms with Gasteiger partial charge < -0.3 is 5.11 Å². The largest absolute Gasteiger partial charge is 0.481 e. The third-order valence-electron chi connectivity index (χ3n) is 3.05. The molecule has 0 aliphatic carbocycles. The van der Waals surface area contributed by atoms with E-state index in [2.05, 4.69) is 13.0 Å². The fourth-order valence-corrected chi connectivity index (χ4v) is 3.28. The molecule has 0 fully saturated rings. The van der Waals surface area contributed by atoms with Crippen LogP contribution < -0.4 is 0 Å². The van der Waals surface area contributed by atoms with E-state index in [9.17, 15) is 9.90 Å². The molecule has 0 bridgehead atoms. The molecule has 1 N–H and O–H groups in total. The number of aryl methyl sites for hydroxylation is 1. The molecule has 0 saturated carbocycles. The average molecular weight is 295 g/mol. The van der Waals surface area contributed by atoms with Gasteiger partial charge in [0.15, 0.2) is 0 Å². The van der Waals surface area contributed by atoms with E-state index in [4.69, 9.17) is 11.6 Å². The summed E-state index contributed by atoms with van der Waals surface area (Å²) in [5, 5.41) is 9.94. The number of benzene rings is 1. The van der Waals surface area contributed by atoms with E-state index in [1.807, 2.05) is 18.2 Å². The van der Waals surface area contributed by atoms with Crippen LogP contribution in [0.3, 0.4) is 0 Å². The van der Waals surface area contributed by atoms with Crippen LogP contribution in [0.5, 0.6) is 0 Å². The normalized spacial score (nSPS) is 12.3. The lowest BCUT2D eigenvalue weighted by Gasteiger charge is -2.13. The van der Waals surface area contributed by atoms with Gasteiger partial charge in [-0.05, 0) is 36.6 Å². The highest BCUT2D eigenvalue weighted by atomic mass is 35.5. The predicted octanol–water partition coefficient (Wildman–Crippen LogP) is 4.37. The Morgan fingerprint density at radius 1 is 1.26 bits per heavy atom. The highest BCUT2D eigenvalue weighted by molar-refractivity contribution is 7.12. The second-order valence-electron chi connectivity index (χ2n) is 4.34. The first-order valence-corrected chi connectivity index (χ1v) is 7.36. The Morgan fingerprint density at radius 2 is 1.95 bits per heavy atom. The smallest absolute Gasteiger partial charge is 0.311 e. The average Bonchev–Trinajstić information content (AvgIpc) is 2.84. The van der Waals surface area contributed by atoms with Crippen molar-refractivity contribution in [3.05, 3.63) is 56.7 Å². The summed E-state index contributed by atoms with van der Waals surface area (Å²) in [5.41, 5.74) is 0.683. The maximum absolute atomic E-state index is 11.5. The SMILES string of the molecule is CCc1ccc(CC(C(=O)O)c2ccccc2Cl)s1. The molecule has 1 unspecified atom stereocenters. The summed E-state index contributed by atoms with van der Waals surface area (Å²) in [5.74, 6) is -1.42. The van der Waals surface area contributed by atoms with E-state index in [1.54, 1.807) is 23.5 Å². The number of aliphatic carboxylic acids is 1. The fourth-order valence-electron chi connectivity index (χ4n) is 2.01. The molecule has 1 aromatic carbocycles. The molecule has 2 rings (SSSR count). The standard InChI is InChI=1S/C15H15ClO2S/c1-2-10-7-8-11(19-10)9-13(15(17)18)12-5-3-4-6-14(12)16/h3-8,13H,2,9H2,1H3,(H,17,18). The number of carboxylic acids is 1. The van der Waals surface area contributed by atoms with Crippen molar-refractivity contribution in [3.63, 3.8) is 0 Å². The molecule has 4 heteroatoms. The summed E-state index contributed by atoms with van der Waals surface area (Å²) in [6.45, 7) is 2.10. The van der Waals surface area contributed by atoms with E-state index >= 15 is 0 Å². The summed E-state index contributed by atoms with van der Waals surface area (Å²) < 4.78 is 0. The van der Waals surface area contributed by atoms with E-state index < -0.39 is 11.9 Å². The van der Waals surface area contributed by atoms with Gasteiger partial charge in [-0.15, -0.1) is 11.3 Å². The maximum atomic E-state index is 11.5. The Balaban J connectivity index is 2.26. The van der Waals surface area contributed by atoms with Crippen LogP contribution in [-0.2, 0) is 17.6 Å². The van der Waals surface area contributed by atoms with Crippen LogP contribution in [0, 0.1) is 0 Å². The van der Waals surface area contributed by atoms with Gasteiger partial charge in [0, 0.05) is 14.8 Å². The third-order valence-corrected chi connectivity index (χ3v) is 4.65. The third kappa shape index (κ3) is 3.37. The molecular formula is C15H15ClO2S. The quantitative estimate of drug-likeness (QED) is 0.889. The summed E-state index contributed by atoms with van der Waals surface area (Å²) in [7, 11) is 0. The molecule has 0 aliphatic heterocycles. The Kier molecular flexibility index (Phi) is 4.61. The number of carbonyl (C=O) groups is 1. The minimum atomic E-state index is -0.834. The molecule has 0 spiro atoms. The van der Waals surface area contributed by atoms with Gasteiger partial charge in [0.1, 0.15) is 0 Å². The van der Waals surface area contributed by atoms with Crippen molar-refractivity contribution in [1.29, 1.82) is 0 Å². The minimum absolute atomic E-state index is 0.490. The lowest BCUT2D eigenvalue weighted by atomic mass is 9.95. The Hall–Kier alpha value is -1.32. The van der Waals surface area contributed by atoms with Crippen LogP contribution in [0.1, 0.15) is 28.2 Å². The van der Waals surface area contributed by atoms with E-state index in [0.29, 0.717) is 17.0 Å². The topological polar surface area (TPSA) is 37.3 Å². The molecule has 2 nitrogen and oxygen atoms in total. The minimum Gasteiger partial charge on any atom is -0.481 e. The number of thiophene rings is 1. The van der Waals surface area contributed by atoms with Crippen LogP contribution >= 0.6 is 22.9 Å². The first-order chi connectivity index (χ1) is 9.11. The first-order valence-electron chi connectivity index (χ1n) is 6.16. The number of rotatable bonds is 5. The maximum Gasteiger partial charge on any atom is 0.311 e. The lowest BCUT2D eigenvalue weighted by molar-refractivity contribution is -0.138. The number of hydrogen-bond acceptors (Lipinski definition) is 2. The van der Waals surface area contributed by atoms with Crippen LogP contribution in [0.25, 0.3) is 0 Å². The predicted molar refractivity (Wildman–Crippen MR) is 79.2 cm³/mol. The van der Waals surface area contributed by atoms with Crippen LogP contribution in [0.15, 0.2) is 36.4 Å². The van der Waals surface area contributed by atoms with Gasteiger partial charge >= 0.3 is 5.97 Å². The summed E-state index contributed by atoms with van der Waals surface area (Å²) >= 11 is 7.77. The fraction of sp³-hybridized carbons (Fsp3) is 0.267. The lowest BCUT2D eigenvalue weighted by Crippen LogP contribution is -2.14. The monoisotopic (exact) mass is 294 g/mol. The molecule has 1 aromatic heterocycles. The summed E-state index contributed by atoms with van der Waals surface area (Å²) in [6, 6.07) is 11.2. The van der Waals surface area contributed by atoms with E-state index in [-0.39, 0.29) is 0 Å². The van der Waals surface area contributed by atoms with Crippen LogP contribution in [0.4, 0.5) is 0 Å². The highest BCUT2D eigenvalue weighted by Gasteiger charge is 2.23. The highest BCUT2D eigenvalue weighted by Crippen LogP contribution is 2.30. The van der Waals surface area contributed by atoms with E-state index in [0.717, 1.165) is 11.3 Å². The van der Waals surface area contributed by atoms with Crippen molar-refractivity contribution in [1.82, 2.24) is 0 Å². The molecule has 19 heavy (non-hydrogen) atoms.